The van der Waals surface area contributed by atoms with Crippen LogP contribution in [0.15, 0.2) is 24.5 Å². The van der Waals surface area contributed by atoms with Gasteiger partial charge in [-0.1, -0.05) is 11.6 Å². The minimum absolute atomic E-state index is 0.426. The van der Waals surface area contributed by atoms with Crippen molar-refractivity contribution in [1.29, 1.82) is 5.26 Å². The fourth-order valence-electron chi connectivity index (χ4n) is 0.998. The summed E-state index contributed by atoms with van der Waals surface area (Å²) < 4.78 is 0. The van der Waals surface area contributed by atoms with Gasteiger partial charge in [0.2, 0.25) is 0 Å². The molecule has 0 aliphatic carbocycles. The van der Waals surface area contributed by atoms with Crippen molar-refractivity contribution in [2.24, 2.45) is 11.5 Å². The summed E-state index contributed by atoms with van der Waals surface area (Å²) in [6, 6.07) is 4.42. The van der Waals surface area contributed by atoms with Crippen molar-refractivity contribution >= 4 is 17.2 Å². The number of pyridine rings is 1. The Kier molecular flexibility index (Phi) is 3.46. The maximum absolute atomic E-state index is 8.65. The second-order valence-electron chi connectivity index (χ2n) is 2.56. The second-order valence-corrected chi connectivity index (χ2v) is 2.97. The smallest absolute Gasteiger partial charge is 0.122 e. The molecule has 72 valence electrons. The van der Waals surface area contributed by atoms with Crippen LogP contribution < -0.4 is 11.5 Å². The number of aromatic nitrogens is 1. The molecule has 0 aromatic carbocycles. The Bertz CT molecular complexity index is 394. The standard InChI is InChI=1S/C9H9ClN4/c10-7-2-1-3-14-9(7)6(4-11)8(13)5-12/h1-4,8H,11,13H2/b6-4-. The van der Waals surface area contributed by atoms with Crippen LogP contribution in [0.25, 0.3) is 5.57 Å². The highest BCUT2D eigenvalue weighted by atomic mass is 35.5. The molecular formula is C9H9ClN4. The van der Waals surface area contributed by atoms with E-state index >= 15 is 0 Å². The van der Waals surface area contributed by atoms with Crippen molar-refractivity contribution in [2.45, 2.75) is 6.04 Å². The number of halogens is 1. The lowest BCUT2D eigenvalue weighted by atomic mass is 10.1. The molecule has 1 aromatic heterocycles. The summed E-state index contributed by atoms with van der Waals surface area (Å²) in [6.07, 6.45) is 2.82. The van der Waals surface area contributed by atoms with Gasteiger partial charge in [-0.2, -0.15) is 5.26 Å². The minimum atomic E-state index is -0.813. The van der Waals surface area contributed by atoms with E-state index < -0.39 is 6.04 Å². The predicted octanol–water partition coefficient (Wildman–Crippen LogP) is 0.885. The molecule has 0 spiro atoms. The maximum Gasteiger partial charge on any atom is 0.122 e. The topological polar surface area (TPSA) is 88.7 Å². The molecule has 0 saturated heterocycles. The molecule has 0 aliphatic heterocycles. The largest absolute Gasteiger partial charge is 0.404 e. The van der Waals surface area contributed by atoms with E-state index in [0.29, 0.717) is 16.3 Å². The molecule has 1 rings (SSSR count). The van der Waals surface area contributed by atoms with Crippen LogP contribution in [0.5, 0.6) is 0 Å². The summed E-state index contributed by atoms with van der Waals surface area (Å²) >= 11 is 5.87. The Morgan fingerprint density at radius 3 is 2.93 bits per heavy atom. The van der Waals surface area contributed by atoms with Crippen LogP contribution in [-0.4, -0.2) is 11.0 Å². The number of rotatable bonds is 2. The van der Waals surface area contributed by atoms with E-state index in [0.717, 1.165) is 0 Å². The van der Waals surface area contributed by atoms with Crippen molar-refractivity contribution < 1.29 is 0 Å². The van der Waals surface area contributed by atoms with E-state index in [2.05, 4.69) is 4.98 Å². The summed E-state index contributed by atoms with van der Waals surface area (Å²) in [5.74, 6) is 0. The van der Waals surface area contributed by atoms with Crippen LogP contribution in [0.3, 0.4) is 0 Å². The molecule has 5 heteroatoms. The monoisotopic (exact) mass is 208 g/mol. The highest BCUT2D eigenvalue weighted by Crippen LogP contribution is 2.21. The van der Waals surface area contributed by atoms with Crippen LogP contribution in [0.2, 0.25) is 5.02 Å². The van der Waals surface area contributed by atoms with Crippen LogP contribution >= 0.6 is 11.6 Å². The first-order valence-electron chi connectivity index (χ1n) is 3.88. The van der Waals surface area contributed by atoms with Crippen molar-refractivity contribution in [2.75, 3.05) is 0 Å². The van der Waals surface area contributed by atoms with Crippen molar-refractivity contribution in [3.63, 3.8) is 0 Å². The van der Waals surface area contributed by atoms with Crippen LogP contribution in [0, 0.1) is 11.3 Å². The molecule has 0 aliphatic rings. The van der Waals surface area contributed by atoms with Gasteiger partial charge in [-0.15, -0.1) is 0 Å². The molecule has 1 aromatic rings. The molecule has 14 heavy (non-hydrogen) atoms. The summed E-state index contributed by atoms with van der Waals surface area (Å²) in [7, 11) is 0. The summed E-state index contributed by atoms with van der Waals surface area (Å²) in [5, 5.41) is 9.07. The van der Waals surface area contributed by atoms with Gasteiger partial charge in [-0.3, -0.25) is 4.98 Å². The zero-order valence-corrected chi connectivity index (χ0v) is 8.07. The van der Waals surface area contributed by atoms with Gasteiger partial charge in [-0.25, -0.2) is 0 Å². The molecule has 0 saturated carbocycles. The minimum Gasteiger partial charge on any atom is -0.404 e. The predicted molar refractivity (Wildman–Crippen MR) is 55.0 cm³/mol. The lowest BCUT2D eigenvalue weighted by Crippen LogP contribution is -2.21. The first kappa shape index (κ1) is 10.5. The van der Waals surface area contributed by atoms with Gasteiger partial charge in [0, 0.05) is 18.0 Å². The maximum atomic E-state index is 8.65. The third kappa shape index (κ3) is 2.02. The molecule has 1 atom stereocenters. The Morgan fingerprint density at radius 1 is 1.71 bits per heavy atom. The number of nitrogens with zero attached hydrogens (tertiary/aromatic N) is 2. The van der Waals surface area contributed by atoms with Crippen molar-refractivity contribution in [1.82, 2.24) is 4.98 Å². The Balaban J connectivity index is 3.16. The van der Waals surface area contributed by atoms with E-state index in [1.54, 1.807) is 18.3 Å². The van der Waals surface area contributed by atoms with Gasteiger partial charge in [0.25, 0.3) is 0 Å². The van der Waals surface area contributed by atoms with E-state index in [-0.39, 0.29) is 0 Å². The van der Waals surface area contributed by atoms with E-state index in [1.807, 2.05) is 6.07 Å². The average Bonchev–Trinajstić information content (AvgIpc) is 2.21. The lowest BCUT2D eigenvalue weighted by molar-refractivity contribution is 1.04. The number of nitrogens with two attached hydrogens (primary N) is 2. The van der Waals surface area contributed by atoms with Crippen LogP contribution in [0.1, 0.15) is 5.69 Å². The van der Waals surface area contributed by atoms with Gasteiger partial charge in [-0.05, 0) is 12.1 Å². The molecule has 0 radical (unpaired) electrons. The third-order valence-corrected chi connectivity index (χ3v) is 1.99. The molecule has 4 N–H and O–H groups in total. The SMILES string of the molecule is N#CC(N)/C(=C/N)c1ncccc1Cl. The Labute approximate surface area is 86.8 Å². The zero-order valence-electron chi connectivity index (χ0n) is 7.31. The van der Waals surface area contributed by atoms with E-state index in [4.69, 9.17) is 28.3 Å². The van der Waals surface area contributed by atoms with E-state index in [9.17, 15) is 0 Å². The number of nitriles is 1. The normalized spacial score (nSPS) is 13.4. The number of hydrogen-bond acceptors (Lipinski definition) is 4. The lowest BCUT2D eigenvalue weighted by Gasteiger charge is -2.08. The zero-order chi connectivity index (χ0) is 10.6. The van der Waals surface area contributed by atoms with E-state index in [1.165, 1.54) is 6.20 Å². The van der Waals surface area contributed by atoms with Gasteiger partial charge in [0.15, 0.2) is 0 Å². The van der Waals surface area contributed by atoms with Crippen molar-refractivity contribution in [3.05, 3.63) is 35.2 Å². The Morgan fingerprint density at radius 2 is 2.43 bits per heavy atom. The highest BCUT2D eigenvalue weighted by Gasteiger charge is 2.14. The molecule has 0 fully saturated rings. The molecule has 4 nitrogen and oxygen atoms in total. The molecule has 0 amide bonds. The van der Waals surface area contributed by atoms with Gasteiger partial charge in [0.05, 0.1) is 16.8 Å². The highest BCUT2D eigenvalue weighted by molar-refractivity contribution is 6.32. The first-order chi connectivity index (χ1) is 6.70. The summed E-state index contributed by atoms with van der Waals surface area (Å²) in [4.78, 5) is 4.01. The third-order valence-electron chi connectivity index (χ3n) is 1.69. The summed E-state index contributed by atoms with van der Waals surface area (Å²) in [6.45, 7) is 0. The quantitative estimate of drug-likeness (QED) is 0.755. The van der Waals surface area contributed by atoms with Gasteiger partial charge >= 0.3 is 0 Å². The number of hydrogen-bond donors (Lipinski definition) is 2. The van der Waals surface area contributed by atoms with Gasteiger partial charge in [0.1, 0.15) is 6.04 Å². The molecule has 1 heterocycles. The fraction of sp³-hybridized carbons (Fsp3) is 0.111. The van der Waals surface area contributed by atoms with Crippen LogP contribution in [-0.2, 0) is 0 Å². The Hall–Kier alpha value is -1.57. The average molecular weight is 209 g/mol. The van der Waals surface area contributed by atoms with Crippen molar-refractivity contribution in [3.8, 4) is 6.07 Å². The fourth-order valence-corrected chi connectivity index (χ4v) is 1.23. The van der Waals surface area contributed by atoms with Crippen LogP contribution in [0.4, 0.5) is 0 Å². The second kappa shape index (κ2) is 4.61. The summed E-state index contributed by atoms with van der Waals surface area (Å²) in [5.41, 5.74) is 11.8. The molecule has 0 bridgehead atoms. The van der Waals surface area contributed by atoms with Gasteiger partial charge < -0.3 is 11.5 Å². The molecular weight excluding hydrogens is 200 g/mol. The molecule has 1 unspecified atom stereocenters. The first-order valence-corrected chi connectivity index (χ1v) is 4.26.